The van der Waals surface area contributed by atoms with Gasteiger partial charge < -0.3 is 10.0 Å². The van der Waals surface area contributed by atoms with Gasteiger partial charge in [-0.1, -0.05) is 49.4 Å². The summed E-state index contributed by atoms with van der Waals surface area (Å²) in [5.74, 6) is -1.23. The fourth-order valence-corrected chi connectivity index (χ4v) is 5.27. The number of aromatic nitrogens is 2. The van der Waals surface area contributed by atoms with Gasteiger partial charge in [0.15, 0.2) is 0 Å². The first-order valence-electron chi connectivity index (χ1n) is 13.7. The third-order valence-electron chi connectivity index (χ3n) is 7.69. The van der Waals surface area contributed by atoms with Gasteiger partial charge in [0.25, 0.3) is 5.91 Å². The van der Waals surface area contributed by atoms with Crippen LogP contribution in [0.15, 0.2) is 72.8 Å². The summed E-state index contributed by atoms with van der Waals surface area (Å²) < 4.78 is 39.4. The standard InChI is InChI=1S/C32H30F3N3O3/c1-20(31(40)41)6-5-9-27-29(22-10-13-25(14-11-22)32(33,34)35)37-26-15-12-23(18-28(26)36-27)30(39)38-17-16-24(19-38)21-7-3-2-4-8-21/h2-4,7-8,10-15,18,20,24H,5-6,9,16-17,19H2,1H3,(H,40,41)/t20?,24-/m0/s1. The molecule has 1 aromatic heterocycles. The Labute approximate surface area is 235 Å². The van der Waals surface area contributed by atoms with Gasteiger partial charge in [0, 0.05) is 30.1 Å². The van der Waals surface area contributed by atoms with E-state index in [1.165, 1.54) is 17.7 Å². The van der Waals surface area contributed by atoms with Crippen molar-refractivity contribution in [3.63, 3.8) is 0 Å². The molecule has 4 aromatic rings. The summed E-state index contributed by atoms with van der Waals surface area (Å²) in [4.78, 5) is 36.0. The first-order chi connectivity index (χ1) is 19.6. The number of benzene rings is 3. The smallest absolute Gasteiger partial charge is 0.416 e. The number of carbonyl (C=O) groups is 2. The summed E-state index contributed by atoms with van der Waals surface area (Å²) in [6, 6.07) is 20.0. The molecule has 9 heteroatoms. The van der Waals surface area contributed by atoms with Gasteiger partial charge in [0.1, 0.15) is 0 Å². The van der Waals surface area contributed by atoms with E-state index in [-0.39, 0.29) is 11.8 Å². The maximum Gasteiger partial charge on any atom is 0.416 e. The molecule has 1 fully saturated rings. The monoisotopic (exact) mass is 561 g/mol. The highest BCUT2D eigenvalue weighted by Gasteiger charge is 2.30. The lowest BCUT2D eigenvalue weighted by molar-refractivity contribution is -0.141. The van der Waals surface area contributed by atoms with Gasteiger partial charge in [0.05, 0.1) is 33.9 Å². The van der Waals surface area contributed by atoms with Crippen molar-refractivity contribution in [2.75, 3.05) is 13.1 Å². The summed E-state index contributed by atoms with van der Waals surface area (Å²) in [5.41, 5.74) is 3.44. The molecule has 1 unspecified atom stereocenters. The third kappa shape index (κ3) is 6.39. The van der Waals surface area contributed by atoms with Crippen LogP contribution in [0, 0.1) is 5.92 Å². The van der Waals surface area contributed by atoms with E-state index in [0.717, 1.165) is 18.6 Å². The molecule has 1 aliphatic heterocycles. The molecule has 0 saturated carbocycles. The molecule has 5 rings (SSSR count). The normalized spacial score (nSPS) is 16.2. The molecule has 1 saturated heterocycles. The SMILES string of the molecule is CC(CCCc1nc2cc(C(=O)N3CC[C@H](c4ccccc4)C3)ccc2nc1-c1ccc(C(F)(F)F)cc1)C(=O)O. The molecule has 3 aromatic carbocycles. The van der Waals surface area contributed by atoms with Crippen LogP contribution in [-0.2, 0) is 17.4 Å². The van der Waals surface area contributed by atoms with E-state index in [0.29, 0.717) is 65.9 Å². The van der Waals surface area contributed by atoms with Crippen molar-refractivity contribution in [2.45, 2.75) is 44.7 Å². The molecule has 0 aliphatic carbocycles. The molecule has 41 heavy (non-hydrogen) atoms. The Bertz CT molecular complexity index is 1560. The summed E-state index contributed by atoms with van der Waals surface area (Å²) >= 11 is 0. The Morgan fingerprint density at radius 1 is 1.00 bits per heavy atom. The van der Waals surface area contributed by atoms with Crippen LogP contribution in [0.5, 0.6) is 0 Å². The third-order valence-corrected chi connectivity index (χ3v) is 7.69. The van der Waals surface area contributed by atoms with E-state index in [2.05, 4.69) is 12.1 Å². The van der Waals surface area contributed by atoms with Gasteiger partial charge in [0.2, 0.25) is 0 Å². The lowest BCUT2D eigenvalue weighted by Gasteiger charge is -2.17. The lowest BCUT2D eigenvalue weighted by Crippen LogP contribution is -2.28. The molecule has 0 radical (unpaired) electrons. The van der Waals surface area contributed by atoms with E-state index in [1.807, 2.05) is 23.1 Å². The summed E-state index contributed by atoms with van der Waals surface area (Å²) in [5, 5.41) is 9.24. The number of rotatable bonds is 8. The number of aliphatic carboxylic acids is 1. The molecular formula is C32H30F3N3O3. The van der Waals surface area contributed by atoms with Gasteiger partial charge in [-0.2, -0.15) is 13.2 Å². The summed E-state index contributed by atoms with van der Waals surface area (Å²) in [7, 11) is 0. The zero-order chi connectivity index (χ0) is 29.1. The molecule has 0 bridgehead atoms. The number of carboxylic acid groups (broad SMARTS) is 1. The number of hydrogen-bond acceptors (Lipinski definition) is 4. The van der Waals surface area contributed by atoms with Gasteiger partial charge in [-0.3, -0.25) is 9.59 Å². The van der Waals surface area contributed by atoms with Crippen LogP contribution in [0.1, 0.15) is 59.3 Å². The minimum absolute atomic E-state index is 0.0872. The van der Waals surface area contributed by atoms with Crippen LogP contribution in [0.25, 0.3) is 22.3 Å². The van der Waals surface area contributed by atoms with E-state index >= 15 is 0 Å². The number of halogens is 3. The molecule has 1 N–H and O–H groups in total. The Balaban J connectivity index is 1.43. The minimum Gasteiger partial charge on any atom is -0.481 e. The molecule has 0 spiro atoms. The minimum atomic E-state index is -4.46. The van der Waals surface area contributed by atoms with E-state index in [1.54, 1.807) is 25.1 Å². The predicted octanol–water partition coefficient (Wildman–Crippen LogP) is 6.99. The average Bonchev–Trinajstić information content (AvgIpc) is 3.46. The van der Waals surface area contributed by atoms with Crippen LogP contribution in [0.3, 0.4) is 0 Å². The fraction of sp³-hybridized carbons (Fsp3) is 0.312. The molecule has 2 heterocycles. The quantitative estimate of drug-likeness (QED) is 0.251. The number of carboxylic acids is 1. The van der Waals surface area contributed by atoms with Crippen molar-refractivity contribution in [3.8, 4) is 11.3 Å². The zero-order valence-electron chi connectivity index (χ0n) is 22.6. The number of aryl methyl sites for hydroxylation is 1. The van der Waals surface area contributed by atoms with Crippen molar-refractivity contribution in [3.05, 3.63) is 95.2 Å². The van der Waals surface area contributed by atoms with Crippen LogP contribution >= 0.6 is 0 Å². The highest BCUT2D eigenvalue weighted by atomic mass is 19.4. The zero-order valence-corrected chi connectivity index (χ0v) is 22.6. The van der Waals surface area contributed by atoms with Crippen LogP contribution in [0.2, 0.25) is 0 Å². The molecular weight excluding hydrogens is 531 g/mol. The maximum absolute atomic E-state index is 13.4. The number of hydrogen-bond donors (Lipinski definition) is 1. The number of nitrogens with zero attached hydrogens (tertiary/aromatic N) is 3. The van der Waals surface area contributed by atoms with Gasteiger partial charge in [-0.15, -0.1) is 0 Å². The van der Waals surface area contributed by atoms with Crippen molar-refractivity contribution in [1.29, 1.82) is 0 Å². The first kappa shape index (κ1) is 28.3. The molecule has 212 valence electrons. The van der Waals surface area contributed by atoms with Crippen molar-refractivity contribution in [2.24, 2.45) is 5.92 Å². The number of amides is 1. The summed E-state index contributed by atoms with van der Waals surface area (Å²) in [6.07, 6.45) is -2.26. The number of fused-ring (bicyclic) bond motifs is 1. The first-order valence-corrected chi connectivity index (χ1v) is 13.7. The molecule has 6 nitrogen and oxygen atoms in total. The Kier molecular flexibility index (Phi) is 8.06. The van der Waals surface area contributed by atoms with E-state index in [4.69, 9.17) is 9.97 Å². The second-order valence-corrected chi connectivity index (χ2v) is 10.6. The Morgan fingerprint density at radius 3 is 2.41 bits per heavy atom. The average molecular weight is 562 g/mol. The van der Waals surface area contributed by atoms with E-state index in [9.17, 15) is 27.9 Å². The van der Waals surface area contributed by atoms with Crippen molar-refractivity contribution in [1.82, 2.24) is 14.9 Å². The lowest BCUT2D eigenvalue weighted by atomic mass is 9.99. The van der Waals surface area contributed by atoms with E-state index < -0.39 is 23.6 Å². The Morgan fingerprint density at radius 2 is 1.73 bits per heavy atom. The fourth-order valence-electron chi connectivity index (χ4n) is 5.27. The molecule has 2 atom stereocenters. The maximum atomic E-state index is 13.4. The Hall–Kier alpha value is -4.27. The molecule has 1 amide bonds. The van der Waals surface area contributed by atoms with Crippen LogP contribution < -0.4 is 0 Å². The van der Waals surface area contributed by atoms with Gasteiger partial charge in [-0.25, -0.2) is 9.97 Å². The highest BCUT2D eigenvalue weighted by Crippen LogP contribution is 2.33. The highest BCUT2D eigenvalue weighted by molar-refractivity contribution is 5.97. The van der Waals surface area contributed by atoms with Crippen LogP contribution in [0.4, 0.5) is 13.2 Å². The number of likely N-dealkylation sites (tertiary alicyclic amines) is 1. The summed E-state index contributed by atoms with van der Waals surface area (Å²) in [6.45, 7) is 2.91. The van der Waals surface area contributed by atoms with Crippen molar-refractivity contribution < 1.29 is 27.9 Å². The second-order valence-electron chi connectivity index (χ2n) is 10.6. The van der Waals surface area contributed by atoms with Crippen molar-refractivity contribution >= 4 is 22.9 Å². The number of carbonyl (C=O) groups excluding carboxylic acids is 1. The predicted molar refractivity (Wildman–Crippen MR) is 149 cm³/mol. The largest absolute Gasteiger partial charge is 0.481 e. The van der Waals surface area contributed by atoms with Gasteiger partial charge >= 0.3 is 12.1 Å². The topological polar surface area (TPSA) is 83.4 Å². The second kappa shape index (κ2) is 11.7. The van der Waals surface area contributed by atoms with Gasteiger partial charge in [-0.05, 0) is 61.6 Å². The number of alkyl halides is 3. The van der Waals surface area contributed by atoms with Crippen LogP contribution in [-0.4, -0.2) is 44.9 Å². The molecule has 1 aliphatic rings.